The van der Waals surface area contributed by atoms with Crippen molar-refractivity contribution in [1.29, 1.82) is 0 Å². The van der Waals surface area contributed by atoms with Gasteiger partial charge in [-0.3, -0.25) is 4.79 Å². The number of carbonyl (C=O) groups is 2. The van der Waals surface area contributed by atoms with Gasteiger partial charge in [-0.2, -0.15) is 0 Å². The molecule has 0 saturated carbocycles. The van der Waals surface area contributed by atoms with Gasteiger partial charge in [0.25, 0.3) is 5.91 Å². The predicted octanol–water partition coefficient (Wildman–Crippen LogP) is 3.17. The molecule has 2 aromatic rings. The molecule has 26 heavy (non-hydrogen) atoms. The van der Waals surface area contributed by atoms with Crippen molar-refractivity contribution in [1.82, 2.24) is 4.98 Å². The molecule has 7 heteroatoms. The van der Waals surface area contributed by atoms with Crippen LogP contribution < -0.4 is 10.1 Å². The number of pyridine rings is 1. The largest absolute Gasteiger partial charge is 0.482 e. The zero-order chi connectivity index (χ0) is 18.5. The van der Waals surface area contributed by atoms with Gasteiger partial charge in [-0.15, -0.1) is 0 Å². The standard InChI is InChI=1S/C19H19ClN2O4/c1-12(19(24)22-16-6-3-9-21-18(16)20)26-17(23)11-25-15-8-7-13-4-2-5-14(13)10-15/h3,6-10,12H,2,4-5,11H2,1H3,(H,22,24)/t12-/m0/s1. The summed E-state index contributed by atoms with van der Waals surface area (Å²) < 4.78 is 10.6. The van der Waals surface area contributed by atoms with Crippen LogP contribution in [0.15, 0.2) is 36.5 Å². The van der Waals surface area contributed by atoms with Gasteiger partial charge in [-0.05, 0) is 61.6 Å². The number of amides is 1. The predicted molar refractivity (Wildman–Crippen MR) is 97.4 cm³/mol. The lowest BCUT2D eigenvalue weighted by Gasteiger charge is -2.14. The summed E-state index contributed by atoms with van der Waals surface area (Å²) in [5.41, 5.74) is 2.95. The summed E-state index contributed by atoms with van der Waals surface area (Å²) in [5.74, 6) is -0.488. The summed E-state index contributed by atoms with van der Waals surface area (Å²) in [5, 5.41) is 2.73. The van der Waals surface area contributed by atoms with Crippen molar-refractivity contribution in [2.24, 2.45) is 0 Å². The summed E-state index contributed by atoms with van der Waals surface area (Å²) >= 11 is 5.88. The maximum atomic E-state index is 12.1. The quantitative estimate of drug-likeness (QED) is 0.620. The van der Waals surface area contributed by atoms with Crippen molar-refractivity contribution in [3.63, 3.8) is 0 Å². The highest BCUT2D eigenvalue weighted by molar-refractivity contribution is 6.32. The number of benzene rings is 1. The maximum absolute atomic E-state index is 12.1. The molecule has 6 nitrogen and oxygen atoms in total. The van der Waals surface area contributed by atoms with E-state index < -0.39 is 18.0 Å². The van der Waals surface area contributed by atoms with Crippen LogP contribution in [-0.2, 0) is 27.2 Å². The van der Waals surface area contributed by atoms with Crippen LogP contribution in [0.5, 0.6) is 5.75 Å². The SMILES string of the molecule is C[C@H](OC(=O)COc1ccc2c(c1)CCC2)C(=O)Nc1cccnc1Cl. The number of fused-ring (bicyclic) bond motifs is 1. The van der Waals surface area contributed by atoms with E-state index in [0.29, 0.717) is 11.4 Å². The fraction of sp³-hybridized carbons (Fsp3) is 0.316. The van der Waals surface area contributed by atoms with Crippen LogP contribution in [0.4, 0.5) is 5.69 Å². The summed E-state index contributed by atoms with van der Waals surface area (Å²) in [6, 6.07) is 9.08. The summed E-state index contributed by atoms with van der Waals surface area (Å²) in [7, 11) is 0. The Morgan fingerprint density at radius 1 is 1.27 bits per heavy atom. The minimum absolute atomic E-state index is 0.166. The molecule has 1 N–H and O–H groups in total. The normalized spacial score (nSPS) is 13.6. The number of aromatic nitrogens is 1. The summed E-state index contributed by atoms with van der Waals surface area (Å²) in [6.45, 7) is 1.22. The van der Waals surface area contributed by atoms with Gasteiger partial charge < -0.3 is 14.8 Å². The highest BCUT2D eigenvalue weighted by Crippen LogP contribution is 2.26. The van der Waals surface area contributed by atoms with Crippen molar-refractivity contribution in [3.8, 4) is 5.75 Å². The molecule has 1 heterocycles. The molecule has 3 rings (SSSR count). The van der Waals surface area contributed by atoms with Crippen molar-refractivity contribution in [3.05, 3.63) is 52.8 Å². The van der Waals surface area contributed by atoms with E-state index in [1.165, 1.54) is 24.2 Å². The molecule has 1 aliphatic rings. The first-order chi connectivity index (χ1) is 12.5. The Hall–Kier alpha value is -2.60. The highest BCUT2D eigenvalue weighted by atomic mass is 35.5. The van der Waals surface area contributed by atoms with Gasteiger partial charge in [-0.1, -0.05) is 17.7 Å². The second-order valence-corrected chi connectivity index (χ2v) is 6.39. The van der Waals surface area contributed by atoms with Gasteiger partial charge >= 0.3 is 5.97 Å². The molecule has 0 aliphatic heterocycles. The average molecular weight is 375 g/mol. The van der Waals surface area contributed by atoms with Crippen LogP contribution in [0.25, 0.3) is 0 Å². The number of hydrogen-bond acceptors (Lipinski definition) is 5. The minimum atomic E-state index is -0.984. The molecule has 0 unspecified atom stereocenters. The molecule has 0 fully saturated rings. The van der Waals surface area contributed by atoms with Gasteiger partial charge in [0, 0.05) is 6.20 Å². The fourth-order valence-electron chi connectivity index (χ4n) is 2.78. The number of anilines is 1. The van der Waals surface area contributed by atoms with Crippen molar-refractivity contribution in [2.45, 2.75) is 32.3 Å². The molecule has 1 amide bonds. The number of aryl methyl sites for hydroxylation is 2. The van der Waals surface area contributed by atoms with E-state index in [0.717, 1.165) is 19.3 Å². The van der Waals surface area contributed by atoms with E-state index >= 15 is 0 Å². The molecule has 0 spiro atoms. The lowest BCUT2D eigenvalue weighted by Crippen LogP contribution is -2.31. The van der Waals surface area contributed by atoms with Crippen LogP contribution in [0.1, 0.15) is 24.5 Å². The maximum Gasteiger partial charge on any atom is 0.344 e. The molecular weight excluding hydrogens is 356 g/mol. The number of halogens is 1. The van der Waals surface area contributed by atoms with Crippen LogP contribution in [0.2, 0.25) is 5.15 Å². The molecule has 1 aromatic heterocycles. The van der Waals surface area contributed by atoms with E-state index in [2.05, 4.69) is 10.3 Å². The first-order valence-corrected chi connectivity index (χ1v) is 8.76. The minimum Gasteiger partial charge on any atom is -0.482 e. The fourth-order valence-corrected chi connectivity index (χ4v) is 2.95. The molecule has 1 atom stereocenters. The van der Waals surface area contributed by atoms with Gasteiger partial charge in [-0.25, -0.2) is 9.78 Å². The first kappa shape index (κ1) is 18.2. The third-order valence-corrected chi connectivity index (χ3v) is 4.42. The van der Waals surface area contributed by atoms with E-state index in [1.54, 1.807) is 12.1 Å². The first-order valence-electron chi connectivity index (χ1n) is 8.38. The second-order valence-electron chi connectivity index (χ2n) is 6.04. The molecule has 0 bridgehead atoms. The zero-order valence-corrected chi connectivity index (χ0v) is 15.1. The molecule has 0 saturated heterocycles. The number of hydrogen-bond donors (Lipinski definition) is 1. The lowest BCUT2D eigenvalue weighted by atomic mass is 10.1. The Morgan fingerprint density at radius 3 is 2.88 bits per heavy atom. The van der Waals surface area contributed by atoms with Crippen LogP contribution in [0.3, 0.4) is 0 Å². The topological polar surface area (TPSA) is 77.5 Å². The van der Waals surface area contributed by atoms with Gasteiger partial charge in [0.1, 0.15) is 5.75 Å². The Kier molecular flexibility index (Phi) is 5.73. The van der Waals surface area contributed by atoms with E-state index in [-0.39, 0.29) is 11.8 Å². The monoisotopic (exact) mass is 374 g/mol. The van der Waals surface area contributed by atoms with E-state index in [9.17, 15) is 9.59 Å². The number of ether oxygens (including phenoxy) is 2. The van der Waals surface area contributed by atoms with Gasteiger partial charge in [0.05, 0.1) is 5.69 Å². The number of esters is 1. The second kappa shape index (κ2) is 8.19. The Labute approximate surface area is 156 Å². The zero-order valence-electron chi connectivity index (χ0n) is 14.3. The lowest BCUT2D eigenvalue weighted by molar-refractivity contribution is -0.155. The van der Waals surface area contributed by atoms with Crippen molar-refractivity contribution in [2.75, 3.05) is 11.9 Å². The number of nitrogens with zero attached hydrogens (tertiary/aromatic N) is 1. The summed E-state index contributed by atoms with van der Waals surface area (Å²) in [6.07, 6.45) is 3.80. The number of carbonyl (C=O) groups excluding carboxylic acids is 2. The van der Waals surface area contributed by atoms with E-state index in [4.69, 9.17) is 21.1 Å². The Morgan fingerprint density at radius 2 is 2.08 bits per heavy atom. The Bertz CT molecular complexity index is 825. The highest BCUT2D eigenvalue weighted by Gasteiger charge is 2.19. The van der Waals surface area contributed by atoms with Crippen LogP contribution in [0, 0.1) is 0 Å². The third kappa shape index (κ3) is 4.52. The van der Waals surface area contributed by atoms with Crippen molar-refractivity contribution >= 4 is 29.2 Å². The number of rotatable bonds is 6. The van der Waals surface area contributed by atoms with Crippen molar-refractivity contribution < 1.29 is 19.1 Å². The smallest absolute Gasteiger partial charge is 0.344 e. The molecule has 1 aromatic carbocycles. The third-order valence-electron chi connectivity index (χ3n) is 4.12. The molecule has 1 aliphatic carbocycles. The van der Waals surface area contributed by atoms with E-state index in [1.807, 2.05) is 18.2 Å². The molecular formula is C19H19ClN2O4. The molecule has 136 valence electrons. The molecule has 0 radical (unpaired) electrons. The van der Waals surface area contributed by atoms with Crippen LogP contribution >= 0.6 is 11.6 Å². The average Bonchev–Trinajstić information content (AvgIpc) is 3.09. The Balaban J connectivity index is 1.48. The summed E-state index contributed by atoms with van der Waals surface area (Å²) in [4.78, 5) is 27.9. The number of nitrogens with one attached hydrogen (secondary N) is 1. The van der Waals surface area contributed by atoms with Gasteiger partial charge in [0.15, 0.2) is 17.9 Å². The van der Waals surface area contributed by atoms with Gasteiger partial charge in [0.2, 0.25) is 0 Å². The van der Waals surface area contributed by atoms with Crippen LogP contribution in [-0.4, -0.2) is 29.6 Å².